The van der Waals surface area contributed by atoms with Gasteiger partial charge in [-0.3, -0.25) is 0 Å². The van der Waals surface area contributed by atoms with Crippen LogP contribution in [0.15, 0.2) is 24.3 Å². The predicted molar refractivity (Wildman–Crippen MR) is 58.1 cm³/mol. The normalized spacial score (nSPS) is 10.3. The van der Waals surface area contributed by atoms with Crippen molar-refractivity contribution in [2.45, 2.75) is 25.7 Å². The van der Waals surface area contributed by atoms with E-state index in [1.54, 1.807) is 0 Å². The highest BCUT2D eigenvalue weighted by Gasteiger charge is 1.97. The number of nitrogens with two attached hydrogens (primary N) is 1. The summed E-state index contributed by atoms with van der Waals surface area (Å²) in [5.74, 6) is 0. The molecule has 0 saturated carbocycles. The monoisotopic (exact) mass is 197 g/mol. The molecule has 13 heavy (non-hydrogen) atoms. The van der Waals surface area contributed by atoms with E-state index in [1.165, 1.54) is 18.4 Å². The van der Waals surface area contributed by atoms with Crippen molar-refractivity contribution in [2.75, 3.05) is 6.54 Å². The first-order chi connectivity index (χ1) is 6.34. The molecule has 0 amide bonds. The molecule has 1 aromatic rings. The lowest BCUT2D eigenvalue weighted by Gasteiger charge is -2.02. The van der Waals surface area contributed by atoms with Crippen LogP contribution in [0.5, 0.6) is 0 Å². The minimum atomic E-state index is 0.794. The number of halogens is 1. The van der Waals surface area contributed by atoms with Gasteiger partial charge in [0.05, 0.1) is 0 Å². The summed E-state index contributed by atoms with van der Waals surface area (Å²) in [6, 6.07) is 8.03. The van der Waals surface area contributed by atoms with Crippen molar-refractivity contribution in [2.24, 2.45) is 5.73 Å². The summed E-state index contributed by atoms with van der Waals surface area (Å²) >= 11 is 6.01. The maximum Gasteiger partial charge on any atom is 0.0437 e. The van der Waals surface area contributed by atoms with Crippen molar-refractivity contribution in [1.82, 2.24) is 0 Å². The predicted octanol–water partition coefficient (Wildman–Crippen LogP) is 3.01. The van der Waals surface area contributed by atoms with Gasteiger partial charge in [0.15, 0.2) is 0 Å². The Bertz CT molecular complexity index is 248. The first-order valence-electron chi connectivity index (χ1n) is 4.78. The Kier molecular flexibility index (Phi) is 4.87. The van der Waals surface area contributed by atoms with Gasteiger partial charge in [0.25, 0.3) is 0 Å². The van der Waals surface area contributed by atoms with Crippen molar-refractivity contribution in [1.29, 1.82) is 0 Å². The van der Waals surface area contributed by atoms with Gasteiger partial charge in [0, 0.05) is 5.02 Å². The number of hydrogen-bond donors (Lipinski definition) is 1. The summed E-state index contributed by atoms with van der Waals surface area (Å²) in [4.78, 5) is 0. The molecule has 0 spiro atoms. The number of aryl methyl sites for hydroxylation is 1. The molecule has 0 unspecified atom stereocenters. The van der Waals surface area contributed by atoms with Crippen molar-refractivity contribution in [3.05, 3.63) is 34.9 Å². The average Bonchev–Trinajstić information content (AvgIpc) is 2.15. The van der Waals surface area contributed by atoms with E-state index < -0.39 is 0 Å². The van der Waals surface area contributed by atoms with Gasteiger partial charge in [-0.1, -0.05) is 36.2 Å². The number of unbranched alkanes of at least 4 members (excludes halogenated alkanes) is 2. The zero-order chi connectivity index (χ0) is 9.52. The molecule has 0 radical (unpaired) electrons. The van der Waals surface area contributed by atoms with E-state index in [2.05, 4.69) is 6.07 Å². The molecule has 2 heteroatoms. The quantitative estimate of drug-likeness (QED) is 0.722. The van der Waals surface area contributed by atoms with Crippen LogP contribution in [0.2, 0.25) is 5.02 Å². The first-order valence-corrected chi connectivity index (χ1v) is 5.16. The summed E-state index contributed by atoms with van der Waals surface area (Å²) in [7, 11) is 0. The molecule has 0 aromatic heterocycles. The third kappa shape index (κ3) is 3.79. The Morgan fingerprint density at radius 1 is 1.08 bits per heavy atom. The molecular formula is C11H16ClN. The second kappa shape index (κ2) is 6.01. The molecule has 0 aliphatic heterocycles. The topological polar surface area (TPSA) is 26.0 Å². The zero-order valence-electron chi connectivity index (χ0n) is 7.80. The van der Waals surface area contributed by atoms with Gasteiger partial charge < -0.3 is 5.73 Å². The SMILES string of the molecule is NCCCCCc1ccccc1Cl. The maximum atomic E-state index is 6.01. The highest BCUT2D eigenvalue weighted by atomic mass is 35.5. The Balaban J connectivity index is 2.32. The molecule has 0 bridgehead atoms. The van der Waals surface area contributed by atoms with E-state index in [0.717, 1.165) is 24.4 Å². The summed E-state index contributed by atoms with van der Waals surface area (Å²) in [6.07, 6.45) is 4.56. The second-order valence-electron chi connectivity index (χ2n) is 3.19. The Labute approximate surface area is 84.9 Å². The van der Waals surface area contributed by atoms with Crippen molar-refractivity contribution in [3.8, 4) is 0 Å². The van der Waals surface area contributed by atoms with Crippen LogP contribution in [0, 0.1) is 0 Å². The van der Waals surface area contributed by atoms with E-state index in [1.807, 2.05) is 18.2 Å². The lowest BCUT2D eigenvalue weighted by atomic mass is 10.1. The van der Waals surface area contributed by atoms with Crippen LogP contribution in [0.4, 0.5) is 0 Å². The minimum Gasteiger partial charge on any atom is -0.330 e. The van der Waals surface area contributed by atoms with Gasteiger partial charge in [-0.15, -0.1) is 0 Å². The molecule has 1 rings (SSSR count). The molecule has 0 aliphatic carbocycles. The first kappa shape index (κ1) is 10.6. The van der Waals surface area contributed by atoms with E-state index in [0.29, 0.717) is 0 Å². The standard InChI is InChI=1S/C11H16ClN/c12-11-8-4-3-7-10(11)6-2-1-5-9-13/h3-4,7-8H,1-2,5-6,9,13H2. The fourth-order valence-corrected chi connectivity index (χ4v) is 1.57. The average molecular weight is 198 g/mol. The lowest BCUT2D eigenvalue weighted by molar-refractivity contribution is 0.686. The number of benzene rings is 1. The van der Waals surface area contributed by atoms with Crippen LogP contribution in [-0.4, -0.2) is 6.54 Å². The van der Waals surface area contributed by atoms with Crippen LogP contribution >= 0.6 is 11.6 Å². The molecule has 0 fully saturated rings. The zero-order valence-corrected chi connectivity index (χ0v) is 8.56. The van der Waals surface area contributed by atoms with E-state index in [9.17, 15) is 0 Å². The van der Waals surface area contributed by atoms with E-state index in [-0.39, 0.29) is 0 Å². The maximum absolute atomic E-state index is 6.01. The van der Waals surface area contributed by atoms with Crippen LogP contribution < -0.4 is 5.73 Å². The molecule has 1 aromatic carbocycles. The molecular weight excluding hydrogens is 182 g/mol. The van der Waals surface area contributed by atoms with Gasteiger partial charge in [0.2, 0.25) is 0 Å². The third-order valence-electron chi connectivity index (χ3n) is 2.11. The fourth-order valence-electron chi connectivity index (χ4n) is 1.34. The molecule has 0 saturated heterocycles. The van der Waals surface area contributed by atoms with E-state index >= 15 is 0 Å². The lowest BCUT2D eigenvalue weighted by Crippen LogP contribution is -1.98. The summed E-state index contributed by atoms with van der Waals surface area (Å²) < 4.78 is 0. The highest BCUT2D eigenvalue weighted by molar-refractivity contribution is 6.31. The molecule has 2 N–H and O–H groups in total. The number of rotatable bonds is 5. The molecule has 0 aliphatic rings. The summed E-state index contributed by atoms with van der Waals surface area (Å²) in [6.45, 7) is 0.794. The van der Waals surface area contributed by atoms with Crippen LogP contribution in [-0.2, 0) is 6.42 Å². The Morgan fingerprint density at radius 2 is 1.85 bits per heavy atom. The van der Waals surface area contributed by atoms with Gasteiger partial charge in [0.1, 0.15) is 0 Å². The van der Waals surface area contributed by atoms with E-state index in [4.69, 9.17) is 17.3 Å². The molecule has 0 atom stereocenters. The van der Waals surface area contributed by atoms with Crippen LogP contribution in [0.25, 0.3) is 0 Å². The Morgan fingerprint density at radius 3 is 2.54 bits per heavy atom. The van der Waals surface area contributed by atoms with Crippen LogP contribution in [0.3, 0.4) is 0 Å². The largest absolute Gasteiger partial charge is 0.330 e. The molecule has 0 heterocycles. The number of hydrogen-bond acceptors (Lipinski definition) is 1. The third-order valence-corrected chi connectivity index (χ3v) is 2.48. The van der Waals surface area contributed by atoms with Gasteiger partial charge in [-0.25, -0.2) is 0 Å². The molecule has 72 valence electrons. The smallest absolute Gasteiger partial charge is 0.0437 e. The summed E-state index contributed by atoms with van der Waals surface area (Å²) in [5, 5.41) is 0.884. The van der Waals surface area contributed by atoms with Crippen molar-refractivity contribution in [3.63, 3.8) is 0 Å². The van der Waals surface area contributed by atoms with Crippen LogP contribution in [0.1, 0.15) is 24.8 Å². The Hall–Kier alpha value is -0.530. The second-order valence-corrected chi connectivity index (χ2v) is 3.60. The minimum absolute atomic E-state index is 0.794. The van der Waals surface area contributed by atoms with Crippen molar-refractivity contribution >= 4 is 11.6 Å². The van der Waals surface area contributed by atoms with Crippen molar-refractivity contribution < 1.29 is 0 Å². The van der Waals surface area contributed by atoms with Gasteiger partial charge in [-0.2, -0.15) is 0 Å². The molecule has 1 nitrogen and oxygen atoms in total. The highest BCUT2D eigenvalue weighted by Crippen LogP contribution is 2.17. The van der Waals surface area contributed by atoms with Gasteiger partial charge in [-0.05, 0) is 37.4 Å². The van der Waals surface area contributed by atoms with Gasteiger partial charge >= 0.3 is 0 Å². The fraction of sp³-hybridized carbons (Fsp3) is 0.455. The summed E-state index contributed by atoms with van der Waals surface area (Å²) in [5.41, 5.74) is 6.66.